The Labute approximate surface area is 238 Å². The van der Waals surface area contributed by atoms with Crippen LogP contribution in [0.3, 0.4) is 0 Å². The molecule has 5 rings (SSSR count). The van der Waals surface area contributed by atoms with Gasteiger partial charge < -0.3 is 10.0 Å². The third kappa shape index (κ3) is 5.82. The maximum atomic E-state index is 15.1. The first-order chi connectivity index (χ1) is 18.9. The number of aliphatic carboxylic acids is 1. The van der Waals surface area contributed by atoms with Gasteiger partial charge in [0.1, 0.15) is 11.9 Å². The molecule has 6 nitrogen and oxygen atoms in total. The van der Waals surface area contributed by atoms with Crippen LogP contribution < -0.4 is 0 Å². The Morgan fingerprint density at radius 3 is 2.45 bits per heavy atom. The number of benzene rings is 2. The largest absolute Gasteiger partial charge is 0.480 e. The normalized spacial score (nSPS) is 24.8. The van der Waals surface area contributed by atoms with Crippen LogP contribution in [0.2, 0.25) is 0 Å². The van der Waals surface area contributed by atoms with Gasteiger partial charge in [-0.05, 0) is 94.2 Å². The molecule has 1 N–H and O–H groups in total. The fourth-order valence-corrected chi connectivity index (χ4v) is 7.01. The average molecular weight is 550 g/mol. The molecule has 2 aromatic carbocycles. The van der Waals surface area contributed by atoms with Gasteiger partial charge >= 0.3 is 5.97 Å². The highest BCUT2D eigenvalue weighted by molar-refractivity contribution is 5.81. The number of carboxylic acids is 1. The number of hydrogen-bond acceptors (Lipinski definition) is 4. The third-order valence-corrected chi connectivity index (χ3v) is 9.40. The van der Waals surface area contributed by atoms with Crippen LogP contribution in [-0.4, -0.2) is 82.0 Å². The van der Waals surface area contributed by atoms with Gasteiger partial charge in [-0.25, -0.2) is 4.39 Å². The minimum absolute atomic E-state index is 0.0503. The van der Waals surface area contributed by atoms with E-state index in [2.05, 4.69) is 43.9 Å². The minimum Gasteiger partial charge on any atom is -0.480 e. The lowest BCUT2D eigenvalue weighted by Crippen LogP contribution is -2.59. The summed E-state index contributed by atoms with van der Waals surface area (Å²) in [6, 6.07) is 11.0. The highest BCUT2D eigenvalue weighted by Gasteiger charge is 2.46. The Morgan fingerprint density at radius 2 is 1.77 bits per heavy atom. The standard InChI is InChI=1S/C33H44FN3O3/c1-21-9-12-26(29(34)15-21)27-19-36(33(3,4)5)20-28(27)31(38)37-14-13-35(18-22(37)2)30(32(39)40)17-23-10-11-24-7-6-8-25(24)16-23/h9-12,15-16,22,27-28,30H,6-8,13-14,17-20H2,1-5H3,(H,39,40)/t22-,27?,28?,30-/m0/s1. The minimum atomic E-state index is -0.820. The maximum Gasteiger partial charge on any atom is 0.321 e. The highest BCUT2D eigenvalue weighted by Crippen LogP contribution is 2.39. The number of carboxylic acid groups (broad SMARTS) is 1. The summed E-state index contributed by atoms with van der Waals surface area (Å²) in [7, 11) is 0. The van der Waals surface area contributed by atoms with E-state index in [1.165, 1.54) is 17.5 Å². The van der Waals surface area contributed by atoms with Crippen molar-refractivity contribution in [3.63, 3.8) is 0 Å². The number of halogens is 1. The fraction of sp³-hybridized carbons (Fsp3) is 0.576. The first kappa shape index (κ1) is 28.7. The number of carbonyl (C=O) groups is 2. The van der Waals surface area contributed by atoms with E-state index in [1.54, 1.807) is 6.07 Å². The molecule has 216 valence electrons. The van der Waals surface area contributed by atoms with Crippen LogP contribution >= 0.6 is 0 Å². The average Bonchev–Trinajstić information content (AvgIpc) is 3.54. The number of nitrogens with zero attached hydrogens (tertiary/aromatic N) is 3. The van der Waals surface area contributed by atoms with E-state index in [9.17, 15) is 14.7 Å². The zero-order valence-electron chi connectivity index (χ0n) is 24.6. The predicted octanol–water partition coefficient (Wildman–Crippen LogP) is 4.67. The van der Waals surface area contributed by atoms with E-state index in [-0.39, 0.29) is 35.1 Å². The highest BCUT2D eigenvalue weighted by atomic mass is 19.1. The molecule has 0 bridgehead atoms. The van der Waals surface area contributed by atoms with Gasteiger partial charge in [0.05, 0.1) is 5.92 Å². The Hall–Kier alpha value is -2.77. The summed E-state index contributed by atoms with van der Waals surface area (Å²) in [5.41, 5.74) is 5.15. The lowest BCUT2D eigenvalue weighted by atomic mass is 9.86. The first-order valence-corrected chi connectivity index (χ1v) is 14.8. The van der Waals surface area contributed by atoms with Crippen molar-refractivity contribution in [2.45, 2.75) is 83.8 Å². The number of carbonyl (C=O) groups excluding carboxylic acids is 1. The lowest BCUT2D eigenvalue weighted by molar-refractivity contribution is -0.147. The van der Waals surface area contributed by atoms with Crippen molar-refractivity contribution in [3.8, 4) is 0 Å². The molecule has 2 aliphatic heterocycles. The molecule has 3 aliphatic rings. The van der Waals surface area contributed by atoms with Crippen LogP contribution in [-0.2, 0) is 28.9 Å². The molecule has 1 amide bonds. The van der Waals surface area contributed by atoms with Crippen LogP contribution in [0.1, 0.15) is 67.9 Å². The molecule has 2 aromatic rings. The smallest absolute Gasteiger partial charge is 0.321 e. The Kier molecular flexibility index (Phi) is 8.08. The van der Waals surface area contributed by atoms with E-state index in [4.69, 9.17) is 0 Å². The molecule has 2 heterocycles. The molecule has 2 fully saturated rings. The van der Waals surface area contributed by atoms with Gasteiger partial charge in [0.25, 0.3) is 0 Å². The SMILES string of the molecule is Cc1ccc(C2CN(C(C)(C)C)CC2C(=O)N2CCN([C@@H](Cc3ccc4c(c3)CCC4)C(=O)O)C[C@@H]2C)c(F)c1. The Morgan fingerprint density at radius 1 is 1.02 bits per heavy atom. The van der Waals surface area contributed by atoms with E-state index in [0.717, 1.165) is 24.0 Å². The molecule has 7 heteroatoms. The third-order valence-electron chi connectivity index (χ3n) is 9.40. The molecule has 40 heavy (non-hydrogen) atoms. The number of aryl methyl sites for hydroxylation is 3. The molecule has 2 unspecified atom stereocenters. The van der Waals surface area contributed by atoms with Gasteiger partial charge in [-0.2, -0.15) is 0 Å². The topological polar surface area (TPSA) is 64.1 Å². The molecule has 2 saturated heterocycles. The van der Waals surface area contributed by atoms with Crippen molar-refractivity contribution in [1.82, 2.24) is 14.7 Å². The van der Waals surface area contributed by atoms with Crippen molar-refractivity contribution < 1.29 is 19.1 Å². The van der Waals surface area contributed by atoms with Crippen molar-refractivity contribution >= 4 is 11.9 Å². The van der Waals surface area contributed by atoms with E-state index in [0.29, 0.717) is 44.7 Å². The molecule has 0 saturated carbocycles. The van der Waals surface area contributed by atoms with E-state index >= 15 is 4.39 Å². The fourth-order valence-electron chi connectivity index (χ4n) is 7.01. The molecule has 0 radical (unpaired) electrons. The van der Waals surface area contributed by atoms with Gasteiger partial charge in [-0.1, -0.05) is 30.3 Å². The monoisotopic (exact) mass is 549 g/mol. The molecule has 0 aromatic heterocycles. The predicted molar refractivity (Wildman–Crippen MR) is 155 cm³/mol. The van der Waals surface area contributed by atoms with Gasteiger partial charge in [0.15, 0.2) is 0 Å². The number of fused-ring (bicyclic) bond motifs is 1. The first-order valence-electron chi connectivity index (χ1n) is 14.8. The molecular formula is C33H44FN3O3. The summed E-state index contributed by atoms with van der Waals surface area (Å²) in [4.78, 5) is 32.7. The summed E-state index contributed by atoms with van der Waals surface area (Å²) in [5.74, 6) is -1.57. The summed E-state index contributed by atoms with van der Waals surface area (Å²) in [6.07, 6.45) is 3.80. The van der Waals surface area contributed by atoms with Gasteiger partial charge in [-0.15, -0.1) is 0 Å². The van der Waals surface area contributed by atoms with Gasteiger partial charge in [0, 0.05) is 50.2 Å². The van der Waals surface area contributed by atoms with Gasteiger partial charge in [0.2, 0.25) is 5.91 Å². The Bertz CT molecular complexity index is 1270. The van der Waals surface area contributed by atoms with Crippen molar-refractivity contribution in [2.24, 2.45) is 5.92 Å². The summed E-state index contributed by atoms with van der Waals surface area (Å²) in [5, 5.41) is 10.2. The van der Waals surface area contributed by atoms with Gasteiger partial charge in [-0.3, -0.25) is 19.4 Å². The summed E-state index contributed by atoms with van der Waals surface area (Å²) in [6.45, 7) is 13.0. The van der Waals surface area contributed by atoms with Crippen molar-refractivity contribution in [3.05, 3.63) is 70.0 Å². The van der Waals surface area contributed by atoms with Crippen molar-refractivity contribution in [1.29, 1.82) is 0 Å². The summed E-state index contributed by atoms with van der Waals surface area (Å²) >= 11 is 0. The van der Waals surface area contributed by atoms with Crippen LogP contribution in [0.5, 0.6) is 0 Å². The second-order valence-electron chi connectivity index (χ2n) is 13.2. The summed E-state index contributed by atoms with van der Waals surface area (Å²) < 4.78 is 15.1. The number of hydrogen-bond donors (Lipinski definition) is 1. The van der Waals surface area contributed by atoms with E-state index in [1.807, 2.05) is 35.8 Å². The maximum absolute atomic E-state index is 15.1. The molecule has 4 atom stereocenters. The molecule has 1 aliphatic carbocycles. The van der Waals surface area contributed by atoms with Crippen LogP contribution in [0.15, 0.2) is 36.4 Å². The molecule has 0 spiro atoms. The second-order valence-corrected chi connectivity index (χ2v) is 13.2. The number of amides is 1. The molecular weight excluding hydrogens is 505 g/mol. The lowest BCUT2D eigenvalue weighted by Gasteiger charge is -2.43. The quantitative estimate of drug-likeness (QED) is 0.568. The van der Waals surface area contributed by atoms with E-state index < -0.39 is 12.0 Å². The zero-order chi connectivity index (χ0) is 28.8. The number of likely N-dealkylation sites (tertiary alicyclic amines) is 1. The second kappa shape index (κ2) is 11.2. The van der Waals surface area contributed by atoms with Crippen LogP contribution in [0, 0.1) is 18.7 Å². The van der Waals surface area contributed by atoms with Crippen molar-refractivity contribution in [2.75, 3.05) is 32.7 Å². The number of piperazine rings is 1. The zero-order valence-corrected chi connectivity index (χ0v) is 24.6. The van der Waals surface area contributed by atoms with Crippen LogP contribution in [0.25, 0.3) is 0 Å². The number of rotatable bonds is 6. The van der Waals surface area contributed by atoms with Crippen LogP contribution in [0.4, 0.5) is 4.39 Å². The Balaban J connectivity index is 1.31.